The number of amides is 1. The summed E-state index contributed by atoms with van der Waals surface area (Å²) >= 11 is 1.25. The van der Waals surface area contributed by atoms with Crippen LogP contribution < -0.4 is 10.5 Å². The molecule has 0 aliphatic heterocycles. The van der Waals surface area contributed by atoms with E-state index in [1.165, 1.54) is 17.3 Å². The third-order valence-corrected chi connectivity index (χ3v) is 5.27. The summed E-state index contributed by atoms with van der Waals surface area (Å²) in [7, 11) is 0. The van der Waals surface area contributed by atoms with E-state index in [9.17, 15) is 9.59 Å². The van der Waals surface area contributed by atoms with E-state index in [0.29, 0.717) is 28.5 Å². The van der Waals surface area contributed by atoms with Crippen LogP contribution in [-0.2, 0) is 4.79 Å². The monoisotopic (exact) mass is 381 g/mol. The summed E-state index contributed by atoms with van der Waals surface area (Å²) < 4.78 is 0. The first-order valence-electron chi connectivity index (χ1n) is 9.01. The largest absolute Gasteiger partial charge is 0.312 e. The third kappa shape index (κ3) is 4.39. The topological polar surface area (TPSA) is 66.1 Å². The number of para-hydroxylation sites is 1. The van der Waals surface area contributed by atoms with E-state index in [0.717, 1.165) is 5.69 Å². The highest BCUT2D eigenvalue weighted by atomic mass is 32.2. The summed E-state index contributed by atoms with van der Waals surface area (Å²) in [6.45, 7) is 6.83. The Bertz CT molecular complexity index is 996. The molecule has 3 aromatic rings. The second kappa shape index (κ2) is 8.39. The van der Waals surface area contributed by atoms with Crippen molar-refractivity contribution in [1.82, 2.24) is 9.97 Å². The highest BCUT2D eigenvalue weighted by Gasteiger charge is 2.15. The molecule has 0 fully saturated rings. The molecule has 0 saturated heterocycles. The predicted molar refractivity (Wildman–Crippen MR) is 112 cm³/mol. The lowest BCUT2D eigenvalue weighted by molar-refractivity contribution is -0.116. The number of nitrogens with zero attached hydrogens (tertiary/aromatic N) is 2. The molecule has 0 aliphatic rings. The molecule has 0 bridgehead atoms. The summed E-state index contributed by atoms with van der Waals surface area (Å²) in [4.78, 5) is 33.8. The van der Waals surface area contributed by atoms with Gasteiger partial charge in [-0.3, -0.25) is 9.59 Å². The molecule has 0 saturated carbocycles. The molecule has 0 radical (unpaired) electrons. The molecule has 0 spiro atoms. The minimum absolute atomic E-state index is 0.0180. The van der Waals surface area contributed by atoms with Crippen LogP contribution in [-0.4, -0.2) is 28.2 Å². The van der Waals surface area contributed by atoms with Gasteiger partial charge in [-0.25, -0.2) is 4.98 Å². The molecular weight excluding hydrogens is 358 g/mol. The Morgan fingerprint density at radius 2 is 1.85 bits per heavy atom. The van der Waals surface area contributed by atoms with Crippen LogP contribution in [0.25, 0.3) is 10.9 Å². The number of carbonyl (C=O) groups is 1. The number of aromatic amines is 1. The van der Waals surface area contributed by atoms with Crippen molar-refractivity contribution in [3.05, 3.63) is 64.4 Å². The number of carbonyl (C=O) groups excluding carboxylic acids is 1. The molecule has 1 aromatic heterocycles. The second-order valence-corrected chi connectivity index (χ2v) is 7.53. The maximum Gasteiger partial charge on any atom is 0.259 e. The average Bonchev–Trinajstić information content (AvgIpc) is 2.67. The molecule has 1 amide bonds. The summed E-state index contributed by atoms with van der Waals surface area (Å²) in [6.07, 6.45) is 0. The zero-order valence-corrected chi connectivity index (χ0v) is 16.5. The van der Waals surface area contributed by atoms with Gasteiger partial charge in [-0.2, -0.15) is 0 Å². The van der Waals surface area contributed by atoms with Gasteiger partial charge >= 0.3 is 0 Å². The Labute approximate surface area is 162 Å². The molecule has 1 N–H and O–H groups in total. The molecular formula is C21H23N3O2S. The van der Waals surface area contributed by atoms with Crippen molar-refractivity contribution in [3.63, 3.8) is 0 Å². The van der Waals surface area contributed by atoms with Crippen molar-refractivity contribution in [2.24, 2.45) is 0 Å². The molecule has 5 nitrogen and oxygen atoms in total. The van der Waals surface area contributed by atoms with E-state index < -0.39 is 0 Å². The van der Waals surface area contributed by atoms with Gasteiger partial charge in [0.15, 0.2) is 5.16 Å². The Kier molecular flexibility index (Phi) is 5.96. The van der Waals surface area contributed by atoms with E-state index >= 15 is 0 Å². The van der Waals surface area contributed by atoms with Gasteiger partial charge in [0, 0.05) is 12.2 Å². The lowest BCUT2D eigenvalue weighted by atomic mass is 10.0. The number of hydrogen-bond donors (Lipinski definition) is 1. The van der Waals surface area contributed by atoms with Crippen LogP contribution >= 0.6 is 11.8 Å². The number of hydrogen-bond acceptors (Lipinski definition) is 4. The van der Waals surface area contributed by atoms with Crippen LogP contribution in [0.5, 0.6) is 0 Å². The van der Waals surface area contributed by atoms with E-state index in [1.807, 2.05) is 25.1 Å². The first-order valence-corrected chi connectivity index (χ1v) is 10.0. The van der Waals surface area contributed by atoms with E-state index in [2.05, 4.69) is 35.9 Å². The van der Waals surface area contributed by atoms with Crippen LogP contribution in [0.2, 0.25) is 0 Å². The fourth-order valence-corrected chi connectivity index (χ4v) is 3.63. The number of H-pyrrole nitrogens is 1. The summed E-state index contributed by atoms with van der Waals surface area (Å²) in [6, 6.07) is 15.3. The fourth-order valence-electron chi connectivity index (χ4n) is 2.88. The van der Waals surface area contributed by atoms with Crippen LogP contribution in [0.1, 0.15) is 32.3 Å². The van der Waals surface area contributed by atoms with Gasteiger partial charge in [0.25, 0.3) is 5.56 Å². The number of thioether (sulfide) groups is 1. The second-order valence-electron chi connectivity index (χ2n) is 6.56. The van der Waals surface area contributed by atoms with E-state index in [4.69, 9.17) is 0 Å². The summed E-state index contributed by atoms with van der Waals surface area (Å²) in [5.74, 6) is 0.646. The fraction of sp³-hybridized carbons (Fsp3) is 0.286. The van der Waals surface area contributed by atoms with Gasteiger partial charge in [0.2, 0.25) is 5.91 Å². The van der Waals surface area contributed by atoms with Crippen LogP contribution in [0.4, 0.5) is 5.69 Å². The molecule has 0 atom stereocenters. The number of aromatic nitrogens is 2. The first-order chi connectivity index (χ1) is 13.0. The third-order valence-electron chi connectivity index (χ3n) is 4.41. The van der Waals surface area contributed by atoms with Gasteiger partial charge in [-0.15, -0.1) is 0 Å². The molecule has 0 aliphatic carbocycles. The van der Waals surface area contributed by atoms with Crippen molar-refractivity contribution in [3.8, 4) is 0 Å². The van der Waals surface area contributed by atoms with Gasteiger partial charge in [-0.05, 0) is 42.7 Å². The maximum absolute atomic E-state index is 12.7. The predicted octanol–water partition coefficient (Wildman–Crippen LogP) is 4.19. The molecule has 6 heteroatoms. The van der Waals surface area contributed by atoms with Gasteiger partial charge in [-0.1, -0.05) is 49.9 Å². The lowest BCUT2D eigenvalue weighted by Crippen LogP contribution is -2.32. The van der Waals surface area contributed by atoms with Crippen molar-refractivity contribution < 1.29 is 4.79 Å². The quantitative estimate of drug-likeness (QED) is 0.513. The zero-order chi connectivity index (χ0) is 19.4. The Balaban J connectivity index is 1.73. The Morgan fingerprint density at radius 3 is 2.52 bits per heavy atom. The maximum atomic E-state index is 12.7. The van der Waals surface area contributed by atoms with E-state index in [1.54, 1.807) is 23.1 Å². The smallest absolute Gasteiger partial charge is 0.259 e. The number of rotatable bonds is 6. The van der Waals surface area contributed by atoms with E-state index in [-0.39, 0.29) is 17.2 Å². The molecule has 27 heavy (non-hydrogen) atoms. The minimum atomic E-state index is -0.188. The molecule has 0 unspecified atom stereocenters. The summed E-state index contributed by atoms with van der Waals surface area (Å²) in [5.41, 5.74) is 2.57. The van der Waals surface area contributed by atoms with Gasteiger partial charge in [0.1, 0.15) is 0 Å². The number of anilines is 1. The molecule has 140 valence electrons. The van der Waals surface area contributed by atoms with Crippen molar-refractivity contribution in [2.75, 3.05) is 17.2 Å². The van der Waals surface area contributed by atoms with Crippen molar-refractivity contribution >= 4 is 34.3 Å². The molecule has 2 aromatic carbocycles. The highest BCUT2D eigenvalue weighted by Crippen LogP contribution is 2.22. The Morgan fingerprint density at radius 1 is 1.15 bits per heavy atom. The van der Waals surface area contributed by atoms with Crippen LogP contribution in [0, 0.1) is 0 Å². The normalized spacial score (nSPS) is 11.1. The average molecular weight is 382 g/mol. The standard InChI is InChI=1S/C21H23N3O2S/c1-4-24(16-11-9-15(10-12-16)14(2)3)19(25)13-27-21-22-18-8-6-5-7-17(18)20(26)23-21/h5-12,14H,4,13H2,1-3H3,(H,22,23,26). The van der Waals surface area contributed by atoms with Gasteiger partial charge in [0.05, 0.1) is 16.7 Å². The number of benzene rings is 2. The molecule has 3 rings (SSSR count). The van der Waals surface area contributed by atoms with Crippen molar-refractivity contribution in [2.45, 2.75) is 31.8 Å². The molecule has 1 heterocycles. The zero-order valence-electron chi connectivity index (χ0n) is 15.7. The first kappa shape index (κ1) is 19.2. The Hall–Kier alpha value is -2.60. The summed E-state index contributed by atoms with van der Waals surface area (Å²) in [5, 5.41) is 1.01. The lowest BCUT2D eigenvalue weighted by Gasteiger charge is -2.21. The number of nitrogens with one attached hydrogen (secondary N) is 1. The van der Waals surface area contributed by atoms with Crippen molar-refractivity contribution in [1.29, 1.82) is 0 Å². The SMILES string of the molecule is CCN(C(=O)CSc1nc2ccccc2c(=O)[nH]1)c1ccc(C(C)C)cc1. The van der Waals surface area contributed by atoms with Crippen LogP contribution in [0.3, 0.4) is 0 Å². The highest BCUT2D eigenvalue weighted by molar-refractivity contribution is 7.99. The van der Waals surface area contributed by atoms with Gasteiger partial charge < -0.3 is 9.88 Å². The van der Waals surface area contributed by atoms with Crippen LogP contribution in [0.15, 0.2) is 58.5 Å². The number of fused-ring (bicyclic) bond motifs is 1. The minimum Gasteiger partial charge on any atom is -0.312 e.